The van der Waals surface area contributed by atoms with E-state index in [9.17, 15) is 9.90 Å². The molecule has 1 heterocycles. The molecule has 0 radical (unpaired) electrons. The number of hydrogen-bond donors (Lipinski definition) is 3. The summed E-state index contributed by atoms with van der Waals surface area (Å²) in [6.45, 7) is 0.854. The van der Waals surface area contributed by atoms with E-state index < -0.39 is 0 Å². The molecule has 0 amide bonds. The fourth-order valence-electron chi connectivity index (χ4n) is 3.42. The molecule has 0 saturated carbocycles. The highest BCUT2D eigenvalue weighted by molar-refractivity contribution is 6.03. The molecule has 4 aromatic rings. The Morgan fingerprint density at radius 3 is 2.42 bits per heavy atom. The summed E-state index contributed by atoms with van der Waals surface area (Å²) < 4.78 is 0. The second-order valence-electron chi connectivity index (χ2n) is 7.63. The normalized spacial score (nSPS) is 11.5. The van der Waals surface area contributed by atoms with Crippen LogP contribution in [0.25, 0.3) is 10.8 Å². The van der Waals surface area contributed by atoms with Crippen molar-refractivity contribution < 1.29 is 5.11 Å². The Balaban J connectivity index is 1.69. The van der Waals surface area contributed by atoms with Crippen molar-refractivity contribution in [1.82, 2.24) is 9.88 Å². The van der Waals surface area contributed by atoms with Crippen LogP contribution in [0.2, 0.25) is 0 Å². The van der Waals surface area contributed by atoms with Crippen LogP contribution in [-0.4, -0.2) is 35.3 Å². The van der Waals surface area contributed by atoms with E-state index in [2.05, 4.69) is 20.2 Å². The third-order valence-electron chi connectivity index (χ3n) is 4.88. The first kappa shape index (κ1) is 20.4. The summed E-state index contributed by atoms with van der Waals surface area (Å²) in [6, 6.07) is 23.1. The Kier molecular flexibility index (Phi) is 5.82. The molecule has 0 unspecified atom stereocenters. The minimum atomic E-state index is -0.344. The van der Waals surface area contributed by atoms with E-state index in [0.717, 1.165) is 23.6 Å². The van der Waals surface area contributed by atoms with Crippen LogP contribution in [0.15, 0.2) is 82.6 Å². The van der Waals surface area contributed by atoms with Crippen molar-refractivity contribution in [3.8, 4) is 5.88 Å². The van der Waals surface area contributed by atoms with Gasteiger partial charge in [0.05, 0.1) is 11.3 Å². The van der Waals surface area contributed by atoms with Crippen LogP contribution < -0.4 is 10.9 Å². The van der Waals surface area contributed by atoms with Crippen molar-refractivity contribution in [2.45, 2.75) is 6.54 Å². The van der Waals surface area contributed by atoms with Crippen LogP contribution in [0.1, 0.15) is 11.1 Å². The number of anilines is 2. The van der Waals surface area contributed by atoms with Gasteiger partial charge in [-0.25, -0.2) is 0 Å². The Morgan fingerprint density at radius 1 is 0.968 bits per heavy atom. The number of aromatic amines is 1. The lowest BCUT2D eigenvalue weighted by Gasteiger charge is -2.10. The van der Waals surface area contributed by atoms with Gasteiger partial charge in [0.1, 0.15) is 0 Å². The highest BCUT2D eigenvalue weighted by atomic mass is 16.3. The van der Waals surface area contributed by atoms with Gasteiger partial charge in [-0.2, -0.15) is 0 Å². The lowest BCUT2D eigenvalue weighted by Crippen LogP contribution is -2.10. The fraction of sp³-hybridized carbons (Fsp3) is 0.120. The Bertz CT molecular complexity index is 1280. The van der Waals surface area contributed by atoms with Crippen LogP contribution >= 0.6 is 0 Å². The molecule has 0 fully saturated rings. The molecule has 156 valence electrons. The second-order valence-corrected chi connectivity index (χ2v) is 7.63. The average molecular weight is 412 g/mol. The maximum absolute atomic E-state index is 12.3. The lowest BCUT2D eigenvalue weighted by atomic mass is 10.1. The first-order valence-electron chi connectivity index (χ1n) is 9.98. The van der Waals surface area contributed by atoms with Crippen molar-refractivity contribution in [1.29, 1.82) is 0 Å². The molecule has 1 aromatic heterocycles. The molecule has 4 rings (SSSR count). The summed E-state index contributed by atoms with van der Waals surface area (Å²) >= 11 is 0. The van der Waals surface area contributed by atoms with Gasteiger partial charge >= 0.3 is 0 Å². The zero-order valence-electron chi connectivity index (χ0n) is 17.5. The Labute approximate surface area is 180 Å². The second kappa shape index (κ2) is 8.85. The number of benzene rings is 3. The van der Waals surface area contributed by atoms with E-state index in [1.165, 1.54) is 5.56 Å². The van der Waals surface area contributed by atoms with E-state index in [1.54, 1.807) is 12.3 Å². The summed E-state index contributed by atoms with van der Waals surface area (Å²) in [7, 11) is 4.05. The minimum Gasteiger partial charge on any atom is -0.494 e. The van der Waals surface area contributed by atoms with E-state index in [-0.39, 0.29) is 11.4 Å². The van der Waals surface area contributed by atoms with Gasteiger partial charge in [-0.1, -0.05) is 30.3 Å². The monoisotopic (exact) mass is 412 g/mol. The number of aromatic hydroxyl groups is 1. The molecule has 0 saturated heterocycles. The van der Waals surface area contributed by atoms with Gasteiger partial charge in [-0.3, -0.25) is 14.8 Å². The largest absolute Gasteiger partial charge is 0.494 e. The SMILES string of the molecule is CN(C)Cc1ccc(N=Cc2c(O)[nH]c(=O)c3ccc(Nc4ccccc4)cc23)cc1. The van der Waals surface area contributed by atoms with Crippen molar-refractivity contribution in [3.05, 3.63) is 94.3 Å². The number of nitrogens with one attached hydrogen (secondary N) is 2. The molecule has 6 nitrogen and oxygen atoms in total. The molecule has 0 spiro atoms. The molecule has 0 aliphatic carbocycles. The number of fused-ring (bicyclic) bond motifs is 1. The van der Waals surface area contributed by atoms with Crippen molar-refractivity contribution in [2.24, 2.45) is 4.99 Å². The number of para-hydroxylation sites is 1. The zero-order valence-corrected chi connectivity index (χ0v) is 17.5. The van der Waals surface area contributed by atoms with Gasteiger partial charge in [-0.15, -0.1) is 0 Å². The molecule has 3 N–H and O–H groups in total. The fourth-order valence-corrected chi connectivity index (χ4v) is 3.42. The topological polar surface area (TPSA) is 80.7 Å². The summed E-state index contributed by atoms with van der Waals surface area (Å²) in [4.78, 5) is 21.4. The molecule has 31 heavy (non-hydrogen) atoms. The molecule has 3 aromatic carbocycles. The van der Waals surface area contributed by atoms with Gasteiger partial charge in [-0.05, 0) is 62.1 Å². The van der Waals surface area contributed by atoms with Crippen LogP contribution in [0, 0.1) is 0 Å². The average Bonchev–Trinajstić information content (AvgIpc) is 2.75. The number of hydrogen-bond acceptors (Lipinski definition) is 5. The first-order chi connectivity index (χ1) is 15.0. The Morgan fingerprint density at radius 2 is 1.71 bits per heavy atom. The molecule has 6 heteroatoms. The van der Waals surface area contributed by atoms with Gasteiger partial charge < -0.3 is 15.3 Å². The zero-order chi connectivity index (χ0) is 21.8. The third kappa shape index (κ3) is 4.82. The smallest absolute Gasteiger partial charge is 0.258 e. The summed E-state index contributed by atoms with van der Waals surface area (Å²) in [6.07, 6.45) is 1.58. The first-order valence-corrected chi connectivity index (χ1v) is 9.98. The number of nitrogens with zero attached hydrogens (tertiary/aromatic N) is 2. The molecular weight excluding hydrogens is 388 g/mol. The van der Waals surface area contributed by atoms with Crippen molar-refractivity contribution in [2.75, 3.05) is 19.4 Å². The van der Waals surface area contributed by atoms with E-state index in [4.69, 9.17) is 0 Å². The van der Waals surface area contributed by atoms with E-state index >= 15 is 0 Å². The number of pyridine rings is 1. The molecular formula is C25H24N4O2. The predicted molar refractivity (Wildman–Crippen MR) is 127 cm³/mol. The predicted octanol–water partition coefficient (Wildman–Crippen LogP) is 4.79. The standard InChI is InChI=1S/C25H24N4O2/c1-29(2)16-17-8-10-18(11-9-17)26-15-23-22-14-20(27-19-6-4-3-5-7-19)12-13-21(22)24(30)28-25(23)31/h3-15,27H,16H2,1-2H3,(H2,28,30,31). The maximum atomic E-state index is 12.3. The minimum absolute atomic E-state index is 0.206. The van der Waals surface area contributed by atoms with Gasteiger partial charge in [0.25, 0.3) is 5.56 Å². The highest BCUT2D eigenvalue weighted by Gasteiger charge is 2.10. The molecule has 0 aliphatic rings. The van der Waals surface area contributed by atoms with Crippen LogP contribution in [0.5, 0.6) is 5.88 Å². The van der Waals surface area contributed by atoms with Crippen LogP contribution in [0.4, 0.5) is 17.1 Å². The maximum Gasteiger partial charge on any atom is 0.258 e. The van der Waals surface area contributed by atoms with Crippen LogP contribution in [0.3, 0.4) is 0 Å². The van der Waals surface area contributed by atoms with E-state index in [0.29, 0.717) is 16.3 Å². The summed E-state index contributed by atoms with van der Waals surface area (Å²) in [5.41, 5.74) is 3.82. The summed E-state index contributed by atoms with van der Waals surface area (Å²) in [5.74, 6) is -0.206. The quantitative estimate of drug-likeness (QED) is 0.398. The van der Waals surface area contributed by atoms with Gasteiger partial charge in [0.2, 0.25) is 5.88 Å². The lowest BCUT2D eigenvalue weighted by molar-refractivity contribution is 0.402. The van der Waals surface area contributed by atoms with Crippen molar-refractivity contribution in [3.63, 3.8) is 0 Å². The summed E-state index contributed by atoms with van der Waals surface area (Å²) in [5, 5.41) is 14.8. The molecule has 0 aliphatic heterocycles. The number of rotatable bonds is 6. The number of aliphatic imine (C=N–C) groups is 1. The molecule has 0 bridgehead atoms. The third-order valence-corrected chi connectivity index (χ3v) is 4.88. The van der Waals surface area contributed by atoms with Gasteiger partial charge in [0.15, 0.2) is 0 Å². The van der Waals surface area contributed by atoms with Crippen LogP contribution in [-0.2, 0) is 6.54 Å². The molecule has 0 atom stereocenters. The Hall–Kier alpha value is -3.90. The van der Waals surface area contributed by atoms with Crippen molar-refractivity contribution >= 4 is 34.0 Å². The highest BCUT2D eigenvalue weighted by Crippen LogP contribution is 2.26. The number of H-pyrrole nitrogens is 1. The van der Waals surface area contributed by atoms with E-state index in [1.807, 2.05) is 80.8 Å². The van der Waals surface area contributed by atoms with Gasteiger partial charge in [0, 0.05) is 34.9 Å². The number of aromatic nitrogens is 1.